The van der Waals surface area contributed by atoms with Crippen molar-refractivity contribution in [2.24, 2.45) is 0 Å². The Morgan fingerprint density at radius 3 is 2.55 bits per heavy atom. The number of carbonyl (C=O) groups excluding carboxylic acids is 2. The van der Waals surface area contributed by atoms with Gasteiger partial charge in [0.25, 0.3) is 0 Å². The molecule has 0 aromatic heterocycles. The minimum Gasteiger partial charge on any atom is -0.497 e. The summed E-state index contributed by atoms with van der Waals surface area (Å²) in [6, 6.07) is 8.56. The summed E-state index contributed by atoms with van der Waals surface area (Å²) in [6.45, 7) is 5.02. The van der Waals surface area contributed by atoms with E-state index in [9.17, 15) is 9.59 Å². The summed E-state index contributed by atoms with van der Waals surface area (Å²) < 4.78 is 5.35. The van der Waals surface area contributed by atoms with Gasteiger partial charge in [-0.15, -0.1) is 0 Å². The number of urea groups is 1. The van der Waals surface area contributed by atoms with E-state index >= 15 is 0 Å². The molecule has 0 saturated carbocycles. The molecule has 1 aromatic carbocycles. The number of carbonyl (C=O) groups is 2. The quantitative estimate of drug-likeness (QED) is 0.740. The van der Waals surface area contributed by atoms with E-state index in [-0.39, 0.29) is 18.0 Å². The molecule has 1 atom stereocenters. The van der Waals surface area contributed by atoms with Crippen LogP contribution in [0, 0.1) is 0 Å². The predicted octanol–water partition coefficient (Wildman–Crippen LogP) is 3.70. The number of amides is 3. The molecule has 1 aromatic rings. The van der Waals surface area contributed by atoms with E-state index in [4.69, 9.17) is 4.74 Å². The van der Waals surface area contributed by atoms with Crippen LogP contribution in [-0.2, 0) is 4.79 Å². The zero-order valence-electron chi connectivity index (χ0n) is 20.0. The Morgan fingerprint density at radius 1 is 1.09 bits per heavy atom. The Bertz CT molecular complexity index is 933. The highest BCUT2D eigenvalue weighted by Gasteiger charge is 2.29. The van der Waals surface area contributed by atoms with Crippen LogP contribution in [0.5, 0.6) is 5.75 Å². The first-order chi connectivity index (χ1) is 15.9. The fourth-order valence-corrected chi connectivity index (χ4v) is 5.10. The number of nitrogens with zero attached hydrogens (tertiary/aromatic N) is 3. The Kier molecular flexibility index (Phi) is 7.26. The highest BCUT2D eigenvalue weighted by molar-refractivity contribution is 5.76. The van der Waals surface area contributed by atoms with Crippen molar-refractivity contribution in [3.63, 3.8) is 0 Å². The summed E-state index contributed by atoms with van der Waals surface area (Å²) in [5.74, 6) is 1.48. The minimum atomic E-state index is 0.00603. The van der Waals surface area contributed by atoms with Gasteiger partial charge in [0.05, 0.1) is 13.2 Å². The van der Waals surface area contributed by atoms with E-state index in [1.807, 2.05) is 35.1 Å². The highest BCUT2D eigenvalue weighted by Crippen LogP contribution is 2.30. The molecule has 2 aliphatic heterocycles. The largest absolute Gasteiger partial charge is 0.497 e. The third-order valence-electron chi connectivity index (χ3n) is 7.36. The lowest BCUT2D eigenvalue weighted by Crippen LogP contribution is -2.44. The maximum Gasteiger partial charge on any atom is 0.321 e. The monoisotopic (exact) mass is 452 g/mol. The molecule has 1 aliphatic carbocycles. The number of piperidine rings is 1. The summed E-state index contributed by atoms with van der Waals surface area (Å²) in [5.41, 5.74) is 3.57. The van der Waals surface area contributed by atoms with Crippen molar-refractivity contribution < 1.29 is 14.3 Å². The average Bonchev–Trinajstić information content (AvgIpc) is 3.34. The number of ether oxygens (including phenoxy) is 1. The predicted molar refractivity (Wildman–Crippen MR) is 129 cm³/mol. The van der Waals surface area contributed by atoms with Gasteiger partial charge >= 0.3 is 6.03 Å². The molecular formula is C26H36N4O3. The van der Waals surface area contributed by atoms with Crippen molar-refractivity contribution in [2.75, 3.05) is 40.3 Å². The first kappa shape index (κ1) is 23.2. The van der Waals surface area contributed by atoms with Crippen LogP contribution in [0.1, 0.15) is 50.5 Å². The highest BCUT2D eigenvalue weighted by atomic mass is 16.5. The van der Waals surface area contributed by atoms with Crippen LogP contribution >= 0.6 is 0 Å². The van der Waals surface area contributed by atoms with E-state index < -0.39 is 0 Å². The Labute approximate surface area is 197 Å². The zero-order chi connectivity index (χ0) is 23.4. The number of hydrogen-bond donors (Lipinski definition) is 1. The number of likely N-dealkylation sites (tertiary alicyclic amines) is 2. The van der Waals surface area contributed by atoms with Crippen LogP contribution in [-0.4, -0.2) is 73.0 Å². The molecule has 4 rings (SSSR count). The fraction of sp³-hybridized carbons (Fsp3) is 0.538. The molecule has 2 saturated heterocycles. The number of benzene rings is 1. The van der Waals surface area contributed by atoms with Crippen LogP contribution in [0.4, 0.5) is 4.79 Å². The summed E-state index contributed by atoms with van der Waals surface area (Å²) in [4.78, 5) is 30.6. The topological polar surface area (TPSA) is 65.1 Å². The van der Waals surface area contributed by atoms with Crippen LogP contribution < -0.4 is 10.1 Å². The first-order valence-corrected chi connectivity index (χ1v) is 12.0. The van der Waals surface area contributed by atoms with Crippen LogP contribution in [0.2, 0.25) is 0 Å². The smallest absolute Gasteiger partial charge is 0.321 e. The van der Waals surface area contributed by atoms with Gasteiger partial charge in [-0.2, -0.15) is 0 Å². The van der Waals surface area contributed by atoms with E-state index in [0.29, 0.717) is 5.92 Å². The third-order valence-corrected chi connectivity index (χ3v) is 7.36. The van der Waals surface area contributed by atoms with Crippen molar-refractivity contribution in [1.29, 1.82) is 0 Å². The van der Waals surface area contributed by atoms with Gasteiger partial charge in [-0.05, 0) is 67.9 Å². The van der Waals surface area contributed by atoms with Gasteiger partial charge in [0.15, 0.2) is 0 Å². The molecule has 3 amide bonds. The molecule has 7 nitrogen and oxygen atoms in total. The van der Waals surface area contributed by atoms with E-state index in [1.54, 1.807) is 14.0 Å². The van der Waals surface area contributed by atoms with Gasteiger partial charge in [0, 0.05) is 51.5 Å². The molecule has 2 heterocycles. The van der Waals surface area contributed by atoms with Crippen molar-refractivity contribution >= 4 is 11.9 Å². The normalized spacial score (nSPS) is 21.4. The molecule has 3 aliphatic rings. The van der Waals surface area contributed by atoms with Crippen LogP contribution in [0.15, 0.2) is 47.8 Å². The third kappa shape index (κ3) is 5.52. The number of allylic oxidation sites excluding steroid dienone is 4. The number of nitrogens with one attached hydrogen (secondary N) is 1. The van der Waals surface area contributed by atoms with Gasteiger partial charge < -0.3 is 24.8 Å². The molecule has 0 radical (unpaired) electrons. The maximum atomic E-state index is 12.8. The second-order valence-corrected chi connectivity index (χ2v) is 9.34. The van der Waals surface area contributed by atoms with Gasteiger partial charge in [-0.25, -0.2) is 4.79 Å². The molecular weight excluding hydrogens is 416 g/mol. The van der Waals surface area contributed by atoms with Gasteiger partial charge in [0.2, 0.25) is 5.91 Å². The van der Waals surface area contributed by atoms with Crippen molar-refractivity contribution in [2.45, 2.75) is 51.0 Å². The maximum absolute atomic E-state index is 12.8. The number of rotatable bonds is 5. The van der Waals surface area contributed by atoms with Crippen LogP contribution in [0.25, 0.3) is 0 Å². The molecule has 2 fully saturated rings. The zero-order valence-corrected chi connectivity index (χ0v) is 20.0. The SMILES string of the molecule is COc1cccc(C2CCN(C(=O)NC3=CC=C(N4CCC(N(C)C(C)=O)C4)CC3)CC2)c1. The molecule has 0 spiro atoms. The minimum absolute atomic E-state index is 0.00603. The summed E-state index contributed by atoms with van der Waals surface area (Å²) in [6.07, 6.45) is 8.86. The molecule has 0 bridgehead atoms. The lowest BCUT2D eigenvalue weighted by atomic mass is 9.89. The second-order valence-electron chi connectivity index (χ2n) is 9.34. The second kappa shape index (κ2) is 10.3. The Morgan fingerprint density at radius 2 is 1.88 bits per heavy atom. The van der Waals surface area contributed by atoms with Crippen molar-refractivity contribution in [3.8, 4) is 5.75 Å². The van der Waals surface area contributed by atoms with Gasteiger partial charge in [-0.3, -0.25) is 4.79 Å². The standard InChI is InChI=1S/C26H36N4O3/c1-19(31)28(2)24-13-16-30(18-24)23-9-7-22(8-10-23)27-26(32)29-14-11-20(12-15-29)21-5-4-6-25(17-21)33-3/h4-7,9,17,20,24H,8,10-16,18H2,1-3H3,(H,27,32). The Balaban J connectivity index is 1.26. The van der Waals surface area contributed by atoms with Crippen molar-refractivity contribution in [3.05, 3.63) is 53.4 Å². The van der Waals surface area contributed by atoms with E-state index in [2.05, 4.69) is 28.4 Å². The lowest BCUT2D eigenvalue weighted by molar-refractivity contribution is -0.129. The van der Waals surface area contributed by atoms with Gasteiger partial charge in [-0.1, -0.05) is 12.1 Å². The van der Waals surface area contributed by atoms with E-state index in [1.165, 1.54) is 11.3 Å². The van der Waals surface area contributed by atoms with Gasteiger partial charge in [0.1, 0.15) is 5.75 Å². The number of methoxy groups -OCH3 is 1. The summed E-state index contributed by atoms with van der Waals surface area (Å²) in [7, 11) is 3.58. The summed E-state index contributed by atoms with van der Waals surface area (Å²) in [5, 5.41) is 3.13. The average molecular weight is 453 g/mol. The molecule has 33 heavy (non-hydrogen) atoms. The van der Waals surface area contributed by atoms with E-state index in [0.717, 1.165) is 69.7 Å². The number of hydrogen-bond acceptors (Lipinski definition) is 4. The molecule has 1 N–H and O–H groups in total. The fourth-order valence-electron chi connectivity index (χ4n) is 5.10. The van der Waals surface area contributed by atoms with Crippen molar-refractivity contribution in [1.82, 2.24) is 20.0 Å². The molecule has 178 valence electrons. The molecule has 1 unspecified atom stereocenters. The Hall–Kier alpha value is -2.96. The lowest BCUT2D eigenvalue weighted by Gasteiger charge is -2.33. The van der Waals surface area contributed by atoms with Crippen LogP contribution in [0.3, 0.4) is 0 Å². The molecule has 7 heteroatoms. The summed E-state index contributed by atoms with van der Waals surface area (Å²) >= 11 is 0. The number of likely N-dealkylation sites (N-methyl/N-ethyl adjacent to an activating group) is 1. The first-order valence-electron chi connectivity index (χ1n) is 12.0.